The highest BCUT2D eigenvalue weighted by molar-refractivity contribution is 7.10. The van der Waals surface area contributed by atoms with Crippen molar-refractivity contribution in [2.45, 2.75) is 26.3 Å². The predicted octanol–water partition coefficient (Wildman–Crippen LogP) is 3.38. The summed E-state index contributed by atoms with van der Waals surface area (Å²) in [5, 5.41) is 13.4. The highest BCUT2D eigenvalue weighted by atomic mass is 32.1. The third kappa shape index (κ3) is 4.92. The molecule has 1 aliphatic rings. The molecule has 0 N–H and O–H groups in total. The number of likely N-dealkylation sites (N-methyl/N-ethyl adjacent to an activating group) is 1. The first-order valence-electron chi connectivity index (χ1n) is 9.34. The number of rotatable bonds is 7. The van der Waals surface area contributed by atoms with Gasteiger partial charge in [-0.3, -0.25) is 14.9 Å². The van der Waals surface area contributed by atoms with Crippen LogP contribution >= 0.6 is 11.3 Å². The van der Waals surface area contributed by atoms with Crippen molar-refractivity contribution >= 4 is 34.6 Å². The predicted molar refractivity (Wildman–Crippen MR) is 110 cm³/mol. The van der Waals surface area contributed by atoms with Crippen LogP contribution in [0.3, 0.4) is 0 Å². The van der Waals surface area contributed by atoms with Crippen molar-refractivity contribution in [3.8, 4) is 0 Å². The molecule has 1 saturated heterocycles. The second-order valence-corrected chi connectivity index (χ2v) is 8.01. The van der Waals surface area contributed by atoms with Crippen molar-refractivity contribution < 1.29 is 19.2 Å². The Bertz CT molecular complexity index is 921. The summed E-state index contributed by atoms with van der Waals surface area (Å²) in [4.78, 5) is 40.0. The van der Waals surface area contributed by atoms with E-state index in [0.29, 0.717) is 12.2 Å². The van der Waals surface area contributed by atoms with Crippen LogP contribution in [0.4, 0.5) is 11.4 Å². The Kier molecular flexibility index (Phi) is 6.48. The minimum Gasteiger partial charge on any atom is -0.452 e. The van der Waals surface area contributed by atoms with Crippen LogP contribution in [-0.2, 0) is 16.1 Å². The number of aryl methyl sites for hydroxylation is 1. The zero-order valence-corrected chi connectivity index (χ0v) is 17.2. The maximum Gasteiger partial charge on any atom is 0.338 e. The van der Waals surface area contributed by atoms with Crippen molar-refractivity contribution in [1.29, 1.82) is 0 Å². The van der Waals surface area contributed by atoms with Gasteiger partial charge in [-0.25, -0.2) is 4.79 Å². The monoisotopic (exact) mass is 417 g/mol. The van der Waals surface area contributed by atoms with Gasteiger partial charge in [0.25, 0.3) is 11.6 Å². The quantitative estimate of drug-likeness (QED) is 0.390. The average molecular weight is 417 g/mol. The third-order valence-corrected chi connectivity index (χ3v) is 5.96. The number of thiophene rings is 1. The fraction of sp³-hybridized carbons (Fsp3) is 0.400. The summed E-state index contributed by atoms with van der Waals surface area (Å²) in [6.07, 6.45) is 1.98. The molecule has 154 valence electrons. The lowest BCUT2D eigenvalue weighted by Crippen LogP contribution is -2.30. The van der Waals surface area contributed by atoms with Crippen LogP contribution in [-0.4, -0.2) is 48.4 Å². The Morgan fingerprint density at radius 2 is 2.00 bits per heavy atom. The molecule has 8 nitrogen and oxygen atoms in total. The van der Waals surface area contributed by atoms with Crippen LogP contribution in [0.2, 0.25) is 0 Å². The minimum atomic E-state index is -0.755. The van der Waals surface area contributed by atoms with E-state index in [1.54, 1.807) is 24.5 Å². The normalized spacial score (nSPS) is 13.4. The van der Waals surface area contributed by atoms with E-state index < -0.39 is 17.5 Å². The van der Waals surface area contributed by atoms with E-state index in [1.165, 1.54) is 17.0 Å². The molecule has 0 bridgehead atoms. The van der Waals surface area contributed by atoms with Gasteiger partial charge in [-0.2, -0.15) is 0 Å². The molecule has 1 aromatic carbocycles. The van der Waals surface area contributed by atoms with Gasteiger partial charge < -0.3 is 14.5 Å². The summed E-state index contributed by atoms with van der Waals surface area (Å²) in [7, 11) is 1.64. The zero-order chi connectivity index (χ0) is 21.0. The van der Waals surface area contributed by atoms with Gasteiger partial charge in [0.05, 0.1) is 17.0 Å². The van der Waals surface area contributed by atoms with Gasteiger partial charge >= 0.3 is 5.97 Å². The lowest BCUT2D eigenvalue weighted by Gasteiger charge is -2.18. The molecule has 2 heterocycles. The number of hydrogen-bond acceptors (Lipinski definition) is 7. The molecular weight excluding hydrogens is 394 g/mol. The highest BCUT2D eigenvalue weighted by Crippen LogP contribution is 2.31. The lowest BCUT2D eigenvalue weighted by molar-refractivity contribution is -0.384. The topological polar surface area (TPSA) is 93.0 Å². The Balaban J connectivity index is 1.62. The van der Waals surface area contributed by atoms with Gasteiger partial charge in [0.1, 0.15) is 5.69 Å². The van der Waals surface area contributed by atoms with Gasteiger partial charge in [-0.05, 0) is 48.9 Å². The van der Waals surface area contributed by atoms with Crippen LogP contribution in [0.5, 0.6) is 0 Å². The highest BCUT2D eigenvalue weighted by Gasteiger charge is 2.24. The van der Waals surface area contributed by atoms with Gasteiger partial charge in [0.2, 0.25) is 0 Å². The fourth-order valence-corrected chi connectivity index (χ4v) is 4.17. The molecular formula is C20H23N3O5S. The Hall–Kier alpha value is -2.94. The van der Waals surface area contributed by atoms with E-state index >= 15 is 0 Å². The maximum absolute atomic E-state index is 12.3. The number of hydrogen-bond donors (Lipinski definition) is 0. The Morgan fingerprint density at radius 1 is 1.28 bits per heavy atom. The first-order valence-corrected chi connectivity index (χ1v) is 10.2. The van der Waals surface area contributed by atoms with E-state index in [1.807, 2.05) is 23.3 Å². The first kappa shape index (κ1) is 20.8. The molecule has 1 aromatic heterocycles. The summed E-state index contributed by atoms with van der Waals surface area (Å²) in [6, 6.07) is 6.29. The molecule has 3 rings (SSSR count). The second-order valence-electron chi connectivity index (χ2n) is 7.01. The number of esters is 1. The smallest absolute Gasteiger partial charge is 0.338 e. The molecule has 2 aromatic rings. The largest absolute Gasteiger partial charge is 0.452 e. The number of nitro groups is 1. The van der Waals surface area contributed by atoms with Crippen LogP contribution in [0.15, 0.2) is 29.6 Å². The lowest BCUT2D eigenvalue weighted by atomic mass is 10.1. The summed E-state index contributed by atoms with van der Waals surface area (Å²) < 4.78 is 5.10. The number of benzene rings is 1. The van der Waals surface area contributed by atoms with Crippen LogP contribution in [0.25, 0.3) is 0 Å². The molecule has 0 radical (unpaired) electrons. The molecule has 9 heteroatoms. The molecule has 0 spiro atoms. The zero-order valence-electron chi connectivity index (χ0n) is 16.4. The number of nitro benzene ring substituents is 1. The van der Waals surface area contributed by atoms with Crippen molar-refractivity contribution in [2.75, 3.05) is 31.6 Å². The number of amides is 1. The van der Waals surface area contributed by atoms with Gasteiger partial charge in [0.15, 0.2) is 6.61 Å². The van der Waals surface area contributed by atoms with E-state index in [9.17, 15) is 19.7 Å². The molecule has 1 fully saturated rings. The molecule has 1 aliphatic heterocycles. The van der Waals surface area contributed by atoms with E-state index in [-0.39, 0.29) is 17.2 Å². The molecule has 0 aliphatic carbocycles. The van der Waals surface area contributed by atoms with Crippen LogP contribution in [0, 0.1) is 17.0 Å². The fourth-order valence-electron chi connectivity index (χ4n) is 3.21. The second kappa shape index (κ2) is 9.04. The SMILES string of the molecule is Cc1ccsc1CN(C)C(=O)COC(=O)c1ccc(N2CCCC2)c([N+](=O)[O-])c1. The summed E-state index contributed by atoms with van der Waals surface area (Å²) in [5.41, 5.74) is 1.55. The van der Waals surface area contributed by atoms with E-state index in [0.717, 1.165) is 36.4 Å². The maximum atomic E-state index is 12.3. The Morgan fingerprint density at radius 3 is 2.62 bits per heavy atom. The average Bonchev–Trinajstić information content (AvgIpc) is 3.37. The van der Waals surface area contributed by atoms with Crippen LogP contribution in [0.1, 0.15) is 33.6 Å². The van der Waals surface area contributed by atoms with Gasteiger partial charge in [-0.15, -0.1) is 11.3 Å². The van der Waals surface area contributed by atoms with Crippen molar-refractivity contribution in [3.63, 3.8) is 0 Å². The number of anilines is 1. The molecule has 0 unspecified atom stereocenters. The van der Waals surface area contributed by atoms with Crippen LogP contribution < -0.4 is 4.90 Å². The molecule has 1 amide bonds. The minimum absolute atomic E-state index is 0.0594. The standard InChI is InChI=1S/C20H23N3O5S/c1-14-7-10-29-18(14)12-21(2)19(24)13-28-20(25)15-5-6-16(17(11-15)23(26)27)22-8-3-4-9-22/h5-7,10-11H,3-4,8-9,12-13H2,1-2H3. The summed E-state index contributed by atoms with van der Waals surface area (Å²) >= 11 is 1.56. The summed E-state index contributed by atoms with van der Waals surface area (Å²) in [6.45, 7) is 3.52. The number of nitrogens with zero attached hydrogens (tertiary/aromatic N) is 3. The van der Waals surface area contributed by atoms with Crippen molar-refractivity contribution in [1.82, 2.24) is 4.90 Å². The first-order chi connectivity index (χ1) is 13.9. The summed E-state index contributed by atoms with van der Waals surface area (Å²) in [5.74, 6) is -1.09. The number of ether oxygens (including phenoxy) is 1. The van der Waals surface area contributed by atoms with Gasteiger partial charge in [0, 0.05) is 31.1 Å². The molecule has 0 saturated carbocycles. The Labute approximate surface area is 172 Å². The van der Waals surface area contributed by atoms with E-state index in [4.69, 9.17) is 4.74 Å². The molecule has 29 heavy (non-hydrogen) atoms. The van der Waals surface area contributed by atoms with Gasteiger partial charge in [-0.1, -0.05) is 0 Å². The third-order valence-electron chi connectivity index (χ3n) is 4.96. The molecule has 0 atom stereocenters. The van der Waals surface area contributed by atoms with Crippen molar-refractivity contribution in [3.05, 3.63) is 55.8 Å². The van der Waals surface area contributed by atoms with E-state index in [2.05, 4.69) is 0 Å². The van der Waals surface area contributed by atoms with Crippen molar-refractivity contribution in [2.24, 2.45) is 0 Å². The number of carbonyl (C=O) groups is 2. The number of carbonyl (C=O) groups excluding carboxylic acids is 2.